The first-order valence-corrected chi connectivity index (χ1v) is 3.20. The van der Waals surface area contributed by atoms with E-state index in [-0.39, 0.29) is 69.8 Å². The Labute approximate surface area is 164 Å². The van der Waals surface area contributed by atoms with E-state index in [1.165, 1.54) is 0 Å². The van der Waals surface area contributed by atoms with E-state index in [1.54, 1.807) is 0 Å². The quantitative estimate of drug-likeness (QED) is 0.263. The van der Waals surface area contributed by atoms with Crippen LogP contribution in [-0.2, 0) is 62.9 Å². The Hall–Kier alpha value is -1.18. The van der Waals surface area contributed by atoms with E-state index in [2.05, 4.69) is 0 Å². The molecule has 22 heavy (non-hydrogen) atoms. The average molecular weight is 415 g/mol. The molecule has 0 spiro atoms. The Morgan fingerprint density at radius 2 is 0.500 bits per heavy atom. The minimum Gasteiger partial charge on any atom is -0.693 e. The summed E-state index contributed by atoms with van der Waals surface area (Å²) in [6, 6.07) is 0. The van der Waals surface area contributed by atoms with Crippen LogP contribution in [-0.4, -0.2) is 35.8 Å². The molecule has 0 fully saturated rings. The summed E-state index contributed by atoms with van der Waals surface area (Å²) >= 11 is 0. The summed E-state index contributed by atoms with van der Waals surface area (Å²) in [4.78, 5) is 53.6. The topological polar surface area (TPSA) is 274 Å². The molecule has 0 saturated heterocycles. The number of aliphatic carboxylic acids is 6. The van der Waals surface area contributed by atoms with Gasteiger partial charge in [-0.1, -0.05) is 0 Å². The van der Waals surface area contributed by atoms with Gasteiger partial charge in [0.05, 0.1) is 35.8 Å². The van der Waals surface area contributed by atoms with Gasteiger partial charge >= 0.3 is 63.7 Å². The second kappa shape index (κ2) is 24.8. The smallest absolute Gasteiger partial charge is 0.693 e. The summed E-state index contributed by atoms with van der Waals surface area (Å²) in [7, 11) is 0. The standard InChI is InChI=1S/3C2H2O4.2Fe.H2N.Na/c3*3-1(4)2(5)6;;;;/h3*(H,3,4)(H,5,6);;;1H2;/q;;;+2;+3;-1;+1/p-6. The van der Waals surface area contributed by atoms with Crippen molar-refractivity contribution in [2.45, 2.75) is 0 Å². The van der Waals surface area contributed by atoms with Gasteiger partial charge in [-0.2, -0.15) is 0 Å². The zero-order valence-corrected chi connectivity index (χ0v) is 14.4. The van der Waals surface area contributed by atoms with Crippen LogP contribution < -0.4 is 60.2 Å². The van der Waals surface area contributed by atoms with Crippen molar-refractivity contribution in [2.24, 2.45) is 0 Å². The summed E-state index contributed by atoms with van der Waals surface area (Å²) in [5, 5.41) is 53.6. The van der Waals surface area contributed by atoms with Gasteiger partial charge in [0.2, 0.25) is 0 Å². The molecule has 0 amide bonds. The van der Waals surface area contributed by atoms with E-state index in [1.807, 2.05) is 0 Å². The maximum Gasteiger partial charge on any atom is 3.00 e. The SMILES string of the molecule is O=C([O-])C(=O)[O-].O=C([O-])C(=O)[O-].O=C([O-])C(=O)[O-].[Fe+2].[Fe+3].[NH2-].[Na+]. The summed E-state index contributed by atoms with van der Waals surface area (Å²) < 4.78 is 0. The minimum atomic E-state index is -2.19. The van der Waals surface area contributed by atoms with E-state index >= 15 is 0 Å². The van der Waals surface area contributed by atoms with Crippen molar-refractivity contribution in [1.82, 2.24) is 0 Å². The number of carbonyl (C=O) groups is 6. The van der Waals surface area contributed by atoms with Crippen LogP contribution in [0.1, 0.15) is 0 Å². The van der Waals surface area contributed by atoms with Crippen molar-refractivity contribution < 1.29 is 123 Å². The maximum absolute atomic E-state index is 8.93. The van der Waals surface area contributed by atoms with E-state index in [0.29, 0.717) is 0 Å². The van der Waals surface area contributed by atoms with Crippen molar-refractivity contribution in [3.8, 4) is 0 Å². The minimum absolute atomic E-state index is 0. The monoisotopic (exact) mass is 415 g/mol. The predicted molar refractivity (Wildman–Crippen MR) is 35.3 cm³/mol. The Kier molecular flexibility index (Phi) is 48.3. The van der Waals surface area contributed by atoms with Crippen LogP contribution in [0.2, 0.25) is 0 Å². The number of carbonyl (C=O) groups excluding carboxylic acids is 6. The van der Waals surface area contributed by atoms with Crippen LogP contribution in [0, 0.1) is 0 Å². The second-order valence-corrected chi connectivity index (χ2v) is 1.72. The number of carboxylic acid groups (broad SMARTS) is 6. The molecule has 0 aromatic heterocycles. The molecule has 0 rings (SSSR count). The fourth-order valence-corrected chi connectivity index (χ4v) is 0. The van der Waals surface area contributed by atoms with E-state index in [0.717, 1.165) is 0 Å². The molecule has 0 aliphatic rings. The number of hydrogen-bond acceptors (Lipinski definition) is 12. The number of hydrogen-bond donors (Lipinski definition) is 0. The van der Waals surface area contributed by atoms with Gasteiger partial charge in [0.1, 0.15) is 0 Å². The summed E-state index contributed by atoms with van der Waals surface area (Å²) in [6.45, 7) is 0. The number of nitrogens with two attached hydrogens (primary N) is 1. The Bertz CT molecular complexity index is 293. The normalized spacial score (nSPS) is 6.00. The number of carboxylic acids is 6. The van der Waals surface area contributed by atoms with Gasteiger partial charge in [-0.25, -0.2) is 0 Å². The van der Waals surface area contributed by atoms with Gasteiger partial charge < -0.3 is 65.6 Å². The molecule has 0 bridgehead atoms. The van der Waals surface area contributed by atoms with Crippen molar-refractivity contribution in [1.29, 1.82) is 0 Å². The molecular weight excluding hydrogens is 413 g/mol. The molecule has 121 valence electrons. The first-order valence-electron chi connectivity index (χ1n) is 3.20. The largest absolute Gasteiger partial charge is 3.00 e. The van der Waals surface area contributed by atoms with Gasteiger partial charge in [0.15, 0.2) is 0 Å². The van der Waals surface area contributed by atoms with Gasteiger partial charge in [-0.15, -0.1) is 0 Å². The fourth-order valence-electron chi connectivity index (χ4n) is 0. The molecule has 16 heteroatoms. The van der Waals surface area contributed by atoms with Crippen molar-refractivity contribution in [3.63, 3.8) is 0 Å². The molecule has 0 heterocycles. The first kappa shape index (κ1) is 42.8. The van der Waals surface area contributed by atoms with E-state index in [4.69, 9.17) is 59.4 Å². The molecule has 0 unspecified atom stereocenters. The van der Waals surface area contributed by atoms with Crippen molar-refractivity contribution in [3.05, 3.63) is 6.15 Å². The molecule has 13 nitrogen and oxygen atoms in total. The van der Waals surface area contributed by atoms with Crippen LogP contribution >= 0.6 is 0 Å². The molecule has 2 N–H and O–H groups in total. The molecule has 0 aliphatic carbocycles. The van der Waals surface area contributed by atoms with Crippen LogP contribution in [0.15, 0.2) is 0 Å². The average Bonchev–Trinajstić information content (AvgIpc) is 2.18. The maximum atomic E-state index is 8.93. The molecule has 0 atom stereocenters. The first-order chi connectivity index (χ1) is 7.93. The van der Waals surface area contributed by atoms with Gasteiger partial charge in [0.25, 0.3) is 0 Å². The summed E-state index contributed by atoms with van der Waals surface area (Å²) in [6.07, 6.45) is 0. The Morgan fingerprint density at radius 1 is 0.455 bits per heavy atom. The Morgan fingerprint density at radius 3 is 0.500 bits per heavy atom. The van der Waals surface area contributed by atoms with Gasteiger partial charge in [-0.05, 0) is 0 Å². The molecule has 0 aliphatic heterocycles. The third-order valence-corrected chi connectivity index (χ3v) is 0.500. The molecule has 1 radical (unpaired) electrons. The second-order valence-electron chi connectivity index (χ2n) is 1.72. The van der Waals surface area contributed by atoms with Gasteiger partial charge in [0, 0.05) is 0 Å². The molecule has 0 saturated carbocycles. The van der Waals surface area contributed by atoms with E-state index in [9.17, 15) is 0 Å². The fraction of sp³-hybridized carbons (Fsp3) is 0. The van der Waals surface area contributed by atoms with Crippen LogP contribution in [0.4, 0.5) is 0 Å². The molecule has 0 aromatic rings. The van der Waals surface area contributed by atoms with E-state index < -0.39 is 35.8 Å². The van der Waals surface area contributed by atoms with Gasteiger partial charge in [-0.3, -0.25) is 0 Å². The zero-order valence-electron chi connectivity index (χ0n) is 10.2. The summed E-state index contributed by atoms with van der Waals surface area (Å²) in [5.74, 6) is -13.1. The Balaban J connectivity index is -0.0000000281. The van der Waals surface area contributed by atoms with Crippen LogP contribution in [0.5, 0.6) is 0 Å². The van der Waals surface area contributed by atoms with Crippen molar-refractivity contribution >= 4 is 35.8 Å². The number of rotatable bonds is 0. The third-order valence-electron chi connectivity index (χ3n) is 0.500. The zero-order chi connectivity index (χ0) is 15.5. The predicted octanol–water partition coefficient (Wildman–Crippen LogP) is -12.8. The van der Waals surface area contributed by atoms with Crippen LogP contribution in [0.25, 0.3) is 6.15 Å². The molecular formula is C6H2Fe2NNaO12-. The van der Waals surface area contributed by atoms with Crippen molar-refractivity contribution in [2.75, 3.05) is 0 Å². The molecule has 0 aromatic carbocycles. The van der Waals surface area contributed by atoms with Crippen LogP contribution in [0.3, 0.4) is 0 Å². The summed E-state index contributed by atoms with van der Waals surface area (Å²) in [5.41, 5.74) is 0. The third kappa shape index (κ3) is 51.0.